The van der Waals surface area contributed by atoms with Crippen molar-refractivity contribution < 1.29 is 14.3 Å². The Balaban J connectivity index is 1.62. The largest absolute Gasteiger partial charge is 0.370 e. The fourth-order valence-corrected chi connectivity index (χ4v) is 7.07. The zero-order valence-electron chi connectivity index (χ0n) is 17.7. The van der Waals surface area contributed by atoms with Crippen LogP contribution in [-0.2, 0) is 25.5 Å². The number of carbonyl (C=O) groups excluding carboxylic acids is 1. The highest BCUT2D eigenvalue weighted by Crippen LogP contribution is 2.72. The van der Waals surface area contributed by atoms with Crippen LogP contribution in [0, 0.1) is 11.8 Å². The first-order valence-corrected chi connectivity index (χ1v) is 11.5. The molecule has 1 aliphatic carbocycles. The minimum absolute atomic E-state index is 0.132. The second-order valence-corrected chi connectivity index (χ2v) is 9.45. The van der Waals surface area contributed by atoms with E-state index in [4.69, 9.17) is 9.47 Å². The molecule has 3 heteroatoms. The van der Waals surface area contributed by atoms with Gasteiger partial charge in [0.25, 0.3) is 0 Å². The Labute approximate surface area is 187 Å². The lowest BCUT2D eigenvalue weighted by Crippen LogP contribution is -2.56. The van der Waals surface area contributed by atoms with E-state index in [1.54, 1.807) is 6.08 Å². The summed E-state index contributed by atoms with van der Waals surface area (Å²) in [5.41, 5.74) is 2.31. The first-order chi connectivity index (χ1) is 15.7. The van der Waals surface area contributed by atoms with E-state index in [1.165, 1.54) is 0 Å². The Hall–Kier alpha value is -3.01. The van der Waals surface area contributed by atoms with Crippen LogP contribution in [-0.4, -0.2) is 18.0 Å². The molecule has 2 bridgehead atoms. The highest BCUT2D eigenvalue weighted by molar-refractivity contribution is 5.96. The Morgan fingerprint density at radius 1 is 0.750 bits per heavy atom. The standard InChI is InChI=1S/C29H24O3/c30-24-16-18-27(17-9-19-31-27)26-25(24)28(20-10-3-1-4-11-20)22-14-7-8-15-23(22)29(26,32-28)21-12-5-2-6-13-21/h1-8,10-16,18,25-26H,9,17,19H2/t25-,26+,27+,28-,29-/m0/s1. The SMILES string of the molecule is O=C1C=C[C@]2(CCCO2)[C@H]2[C@H]1[C@@]1(c3ccccc3)O[C@@]2(c2ccccc2)c2ccccc21. The summed E-state index contributed by atoms with van der Waals surface area (Å²) in [6.07, 6.45) is 5.71. The number of carbonyl (C=O) groups is 1. The molecule has 0 saturated carbocycles. The Bertz CT molecular complexity index is 1240. The molecule has 158 valence electrons. The van der Waals surface area contributed by atoms with Gasteiger partial charge in [-0.1, -0.05) is 84.9 Å². The normalized spacial score (nSPS) is 36.4. The molecule has 3 aromatic carbocycles. The molecular weight excluding hydrogens is 396 g/mol. The van der Waals surface area contributed by atoms with Gasteiger partial charge in [-0.15, -0.1) is 0 Å². The van der Waals surface area contributed by atoms with Crippen LogP contribution in [0.1, 0.15) is 35.1 Å². The summed E-state index contributed by atoms with van der Waals surface area (Å²) in [5, 5.41) is 0. The molecule has 4 aliphatic rings. The maximum absolute atomic E-state index is 13.7. The first kappa shape index (κ1) is 18.6. The minimum atomic E-state index is -0.834. The summed E-state index contributed by atoms with van der Waals surface area (Å²) in [6.45, 7) is 0.715. The van der Waals surface area contributed by atoms with Crippen molar-refractivity contribution in [2.24, 2.45) is 11.8 Å². The fraction of sp³-hybridized carbons (Fsp3) is 0.276. The molecule has 2 saturated heterocycles. The quantitative estimate of drug-likeness (QED) is 0.576. The van der Waals surface area contributed by atoms with E-state index in [0.29, 0.717) is 6.61 Å². The molecule has 0 amide bonds. The van der Waals surface area contributed by atoms with Crippen molar-refractivity contribution in [1.29, 1.82) is 0 Å². The molecule has 0 aromatic heterocycles. The molecule has 7 rings (SSSR count). The predicted molar refractivity (Wildman–Crippen MR) is 121 cm³/mol. The van der Waals surface area contributed by atoms with Crippen molar-refractivity contribution in [2.45, 2.75) is 29.6 Å². The second kappa shape index (κ2) is 6.28. The number of benzene rings is 3. The molecule has 0 radical (unpaired) electrons. The topological polar surface area (TPSA) is 35.5 Å². The average Bonchev–Trinajstić information content (AvgIpc) is 3.54. The molecule has 0 unspecified atom stereocenters. The number of allylic oxidation sites excluding steroid dienone is 1. The average molecular weight is 421 g/mol. The van der Waals surface area contributed by atoms with Gasteiger partial charge in [-0.25, -0.2) is 0 Å². The van der Waals surface area contributed by atoms with Gasteiger partial charge in [0.1, 0.15) is 11.2 Å². The van der Waals surface area contributed by atoms with Crippen LogP contribution in [0.4, 0.5) is 0 Å². The highest BCUT2D eigenvalue weighted by Gasteiger charge is 2.77. The monoisotopic (exact) mass is 420 g/mol. The van der Waals surface area contributed by atoms with Crippen LogP contribution in [0.3, 0.4) is 0 Å². The summed E-state index contributed by atoms with van der Waals surface area (Å²) in [4.78, 5) is 13.7. The van der Waals surface area contributed by atoms with Crippen molar-refractivity contribution in [3.05, 3.63) is 119 Å². The molecule has 0 N–H and O–H groups in total. The third-order valence-corrected chi connectivity index (χ3v) is 8.11. The molecule has 3 heterocycles. The van der Waals surface area contributed by atoms with Gasteiger partial charge in [0.2, 0.25) is 0 Å². The molecule has 5 atom stereocenters. The van der Waals surface area contributed by atoms with Gasteiger partial charge in [-0.3, -0.25) is 4.79 Å². The molecule has 32 heavy (non-hydrogen) atoms. The Kier molecular flexibility index (Phi) is 3.64. The van der Waals surface area contributed by atoms with E-state index in [1.807, 2.05) is 30.3 Å². The number of ketones is 1. The van der Waals surface area contributed by atoms with E-state index in [9.17, 15) is 4.79 Å². The van der Waals surface area contributed by atoms with Crippen molar-refractivity contribution in [3.63, 3.8) is 0 Å². The maximum atomic E-state index is 13.7. The van der Waals surface area contributed by atoms with Crippen molar-refractivity contribution >= 4 is 5.78 Å². The van der Waals surface area contributed by atoms with Crippen molar-refractivity contribution in [2.75, 3.05) is 6.61 Å². The third kappa shape index (κ3) is 2.02. The molecule has 3 nitrogen and oxygen atoms in total. The lowest BCUT2D eigenvalue weighted by Gasteiger charge is -2.49. The molecular formula is C29H24O3. The van der Waals surface area contributed by atoms with Gasteiger partial charge < -0.3 is 9.47 Å². The fourth-order valence-electron chi connectivity index (χ4n) is 7.07. The van der Waals surface area contributed by atoms with Crippen LogP contribution in [0.2, 0.25) is 0 Å². The first-order valence-electron chi connectivity index (χ1n) is 11.5. The van der Waals surface area contributed by atoms with E-state index < -0.39 is 16.8 Å². The third-order valence-electron chi connectivity index (χ3n) is 8.11. The van der Waals surface area contributed by atoms with E-state index in [2.05, 4.69) is 60.7 Å². The van der Waals surface area contributed by atoms with E-state index in [0.717, 1.165) is 35.1 Å². The maximum Gasteiger partial charge on any atom is 0.162 e. The predicted octanol–water partition coefficient (Wildman–Crippen LogP) is 5.14. The van der Waals surface area contributed by atoms with E-state index >= 15 is 0 Å². The lowest BCUT2D eigenvalue weighted by molar-refractivity contribution is -0.128. The van der Waals surface area contributed by atoms with Gasteiger partial charge in [-0.2, -0.15) is 0 Å². The molecule has 1 spiro atoms. The summed E-state index contributed by atoms with van der Waals surface area (Å²) in [5.74, 6) is -0.345. The van der Waals surface area contributed by atoms with Crippen LogP contribution < -0.4 is 0 Å². The summed E-state index contributed by atoms with van der Waals surface area (Å²) in [6, 6.07) is 29.2. The smallest absolute Gasteiger partial charge is 0.162 e. The van der Waals surface area contributed by atoms with Gasteiger partial charge >= 0.3 is 0 Å². The van der Waals surface area contributed by atoms with Gasteiger partial charge in [0.15, 0.2) is 5.78 Å². The van der Waals surface area contributed by atoms with Crippen LogP contribution >= 0.6 is 0 Å². The van der Waals surface area contributed by atoms with Gasteiger partial charge in [-0.05, 0) is 47.2 Å². The van der Waals surface area contributed by atoms with E-state index in [-0.39, 0.29) is 17.6 Å². The zero-order valence-corrected chi connectivity index (χ0v) is 17.7. The van der Waals surface area contributed by atoms with Crippen LogP contribution in [0.25, 0.3) is 0 Å². The zero-order chi connectivity index (χ0) is 21.4. The number of hydrogen-bond donors (Lipinski definition) is 0. The number of ether oxygens (including phenoxy) is 2. The molecule has 3 aliphatic heterocycles. The summed E-state index contributed by atoms with van der Waals surface area (Å²) < 4.78 is 13.9. The van der Waals surface area contributed by atoms with Crippen molar-refractivity contribution in [1.82, 2.24) is 0 Å². The van der Waals surface area contributed by atoms with Gasteiger partial charge in [0.05, 0.1) is 11.5 Å². The van der Waals surface area contributed by atoms with Crippen LogP contribution in [0.15, 0.2) is 97.1 Å². The molecule has 3 aromatic rings. The number of fused-ring (bicyclic) bond motifs is 9. The van der Waals surface area contributed by atoms with Gasteiger partial charge in [0, 0.05) is 12.5 Å². The Morgan fingerprint density at radius 2 is 1.34 bits per heavy atom. The molecule has 2 fully saturated rings. The second-order valence-electron chi connectivity index (χ2n) is 9.45. The Morgan fingerprint density at radius 3 is 1.97 bits per heavy atom. The summed E-state index contributed by atoms with van der Waals surface area (Å²) >= 11 is 0. The number of rotatable bonds is 2. The minimum Gasteiger partial charge on any atom is -0.370 e. The highest BCUT2D eigenvalue weighted by atomic mass is 16.6. The number of hydrogen-bond acceptors (Lipinski definition) is 3. The lowest BCUT2D eigenvalue weighted by atomic mass is 9.53. The van der Waals surface area contributed by atoms with Crippen LogP contribution in [0.5, 0.6) is 0 Å². The summed E-state index contributed by atoms with van der Waals surface area (Å²) in [7, 11) is 0. The van der Waals surface area contributed by atoms with Crippen molar-refractivity contribution in [3.8, 4) is 0 Å².